The molecule has 1 aromatic carbocycles. The smallest absolute Gasteiger partial charge is 0.0712 e. The van der Waals surface area contributed by atoms with Crippen molar-refractivity contribution < 1.29 is 0 Å². The highest BCUT2D eigenvalue weighted by molar-refractivity contribution is 7.76. The fourth-order valence-electron chi connectivity index (χ4n) is 4.23. The second-order valence-corrected chi connectivity index (χ2v) is 9.18. The van der Waals surface area contributed by atoms with Crippen LogP contribution in [0.3, 0.4) is 0 Å². The van der Waals surface area contributed by atoms with Crippen LogP contribution in [0.5, 0.6) is 0 Å². The molecule has 2 aromatic heterocycles. The van der Waals surface area contributed by atoms with E-state index in [4.69, 9.17) is 9.97 Å². The highest BCUT2D eigenvalue weighted by Gasteiger charge is 2.42. The van der Waals surface area contributed by atoms with Gasteiger partial charge in [-0.3, -0.25) is 9.97 Å². The van der Waals surface area contributed by atoms with Gasteiger partial charge in [0.2, 0.25) is 0 Å². The Kier molecular flexibility index (Phi) is 4.43. The van der Waals surface area contributed by atoms with E-state index >= 15 is 0 Å². The number of nitrogens with zero attached hydrogens (tertiary/aromatic N) is 2. The van der Waals surface area contributed by atoms with Crippen molar-refractivity contribution in [2.75, 3.05) is 0 Å². The minimum atomic E-state index is -0.584. The first-order valence-electron chi connectivity index (χ1n) is 9.53. The van der Waals surface area contributed by atoms with Gasteiger partial charge in [0.1, 0.15) is 0 Å². The summed E-state index contributed by atoms with van der Waals surface area (Å²) in [5.74, 6) is 0. The molecule has 2 unspecified atom stereocenters. The Labute approximate surface area is 161 Å². The van der Waals surface area contributed by atoms with Gasteiger partial charge in [0, 0.05) is 17.7 Å². The van der Waals surface area contributed by atoms with Crippen LogP contribution in [-0.4, -0.2) is 9.97 Å². The fourth-order valence-corrected chi connectivity index (χ4v) is 7.40. The van der Waals surface area contributed by atoms with E-state index in [0.717, 1.165) is 18.5 Å². The molecular weight excluding hydrogens is 347 g/mol. The second kappa shape index (κ2) is 7.21. The normalized spacial score (nSPS) is 21.7. The summed E-state index contributed by atoms with van der Waals surface area (Å²) in [4.78, 5) is 9.55. The largest absolute Gasteiger partial charge is 0.260 e. The van der Waals surface area contributed by atoms with Crippen LogP contribution in [0.25, 0.3) is 5.31 Å². The summed E-state index contributed by atoms with van der Waals surface area (Å²) in [6, 6.07) is 23.6. The molecule has 2 atom stereocenters. The van der Waals surface area contributed by atoms with Crippen molar-refractivity contribution in [2.24, 2.45) is 0 Å². The van der Waals surface area contributed by atoms with Crippen LogP contribution in [0, 0.1) is 0 Å². The zero-order chi connectivity index (χ0) is 18.1. The van der Waals surface area contributed by atoms with E-state index in [0.29, 0.717) is 5.66 Å². The molecule has 0 radical (unpaired) electrons. The van der Waals surface area contributed by atoms with Gasteiger partial charge in [-0.05, 0) is 67.9 Å². The van der Waals surface area contributed by atoms with Crippen molar-refractivity contribution in [1.82, 2.24) is 9.97 Å². The van der Waals surface area contributed by atoms with Gasteiger partial charge in [0.05, 0.1) is 17.0 Å². The maximum Gasteiger partial charge on any atom is 0.0712 e. The predicted molar refractivity (Wildman–Crippen MR) is 113 cm³/mol. The van der Waals surface area contributed by atoms with Gasteiger partial charge in [-0.1, -0.05) is 48.5 Å². The van der Waals surface area contributed by atoms with E-state index in [1.54, 1.807) is 0 Å². The Hall–Kier alpha value is -2.57. The molecule has 1 aliphatic heterocycles. The SMILES string of the molecule is C1=C2C(=C(c3ccccn3)P(c3ccccc3)C2c2ccccn2)CCC1. The zero-order valence-electron chi connectivity index (χ0n) is 15.1. The van der Waals surface area contributed by atoms with Gasteiger partial charge in [0.25, 0.3) is 0 Å². The number of aromatic nitrogens is 2. The molecule has 3 aromatic rings. The molecule has 3 heterocycles. The summed E-state index contributed by atoms with van der Waals surface area (Å²) in [5, 5.41) is 2.87. The third-order valence-electron chi connectivity index (χ3n) is 5.33. The molecule has 0 bridgehead atoms. The number of benzene rings is 1. The monoisotopic (exact) mass is 368 g/mol. The Balaban J connectivity index is 1.76. The molecule has 0 spiro atoms. The average Bonchev–Trinajstić information content (AvgIpc) is 3.11. The summed E-state index contributed by atoms with van der Waals surface area (Å²) >= 11 is 0. The lowest BCUT2D eigenvalue weighted by Crippen LogP contribution is -2.08. The quantitative estimate of drug-likeness (QED) is 0.541. The van der Waals surface area contributed by atoms with E-state index in [-0.39, 0.29) is 0 Å². The average molecular weight is 368 g/mol. The lowest BCUT2D eigenvalue weighted by molar-refractivity contribution is 0.791. The second-order valence-electron chi connectivity index (χ2n) is 6.96. The number of rotatable bonds is 3. The number of hydrogen-bond acceptors (Lipinski definition) is 2. The van der Waals surface area contributed by atoms with Crippen molar-refractivity contribution in [2.45, 2.75) is 24.9 Å². The van der Waals surface area contributed by atoms with Crippen LogP contribution in [0.2, 0.25) is 0 Å². The Morgan fingerprint density at radius 2 is 1.59 bits per heavy atom. The summed E-state index contributed by atoms with van der Waals surface area (Å²) < 4.78 is 0. The fraction of sp³-hybridized carbons (Fsp3) is 0.167. The standard InChI is InChI=1S/C24H21N2P/c1-2-10-18(11-3-1)27-23(21-14-6-8-16-25-21)19-12-4-5-13-20(19)24(27)22-15-7-9-17-26-22/h1-3,6-12,14-17,23H,4-5,13H2. The summed E-state index contributed by atoms with van der Waals surface area (Å²) in [6.45, 7) is 0. The number of fused-ring (bicyclic) bond motifs is 1. The van der Waals surface area contributed by atoms with Crippen LogP contribution in [0.1, 0.15) is 36.3 Å². The van der Waals surface area contributed by atoms with Gasteiger partial charge in [0.15, 0.2) is 0 Å². The lowest BCUT2D eigenvalue weighted by atomic mass is 9.89. The van der Waals surface area contributed by atoms with E-state index in [2.05, 4.69) is 60.7 Å². The van der Waals surface area contributed by atoms with Crippen molar-refractivity contribution in [1.29, 1.82) is 0 Å². The molecule has 27 heavy (non-hydrogen) atoms. The minimum Gasteiger partial charge on any atom is -0.260 e. The minimum absolute atomic E-state index is 0.330. The predicted octanol–water partition coefficient (Wildman–Crippen LogP) is 5.86. The van der Waals surface area contributed by atoms with Crippen molar-refractivity contribution in [3.8, 4) is 0 Å². The van der Waals surface area contributed by atoms with Crippen molar-refractivity contribution in [3.05, 3.63) is 108 Å². The first-order chi connectivity index (χ1) is 13.4. The molecule has 5 rings (SSSR count). The van der Waals surface area contributed by atoms with E-state index < -0.39 is 7.92 Å². The molecule has 132 valence electrons. The first kappa shape index (κ1) is 16.6. The lowest BCUT2D eigenvalue weighted by Gasteiger charge is -2.24. The number of hydrogen-bond donors (Lipinski definition) is 0. The van der Waals surface area contributed by atoms with Crippen LogP contribution >= 0.6 is 7.92 Å². The number of allylic oxidation sites excluding steroid dienone is 3. The molecule has 0 fully saturated rings. The summed E-state index contributed by atoms with van der Waals surface area (Å²) in [6.07, 6.45) is 9.84. The Bertz CT molecular complexity index is 994. The van der Waals surface area contributed by atoms with E-state index in [1.807, 2.05) is 24.5 Å². The van der Waals surface area contributed by atoms with Gasteiger partial charge < -0.3 is 0 Å². The van der Waals surface area contributed by atoms with Crippen molar-refractivity contribution >= 4 is 18.5 Å². The van der Waals surface area contributed by atoms with E-state index in [1.165, 1.54) is 33.9 Å². The van der Waals surface area contributed by atoms with Crippen LogP contribution in [-0.2, 0) is 0 Å². The Morgan fingerprint density at radius 1 is 0.815 bits per heavy atom. The van der Waals surface area contributed by atoms with Gasteiger partial charge in [-0.25, -0.2) is 0 Å². The van der Waals surface area contributed by atoms with Crippen molar-refractivity contribution in [3.63, 3.8) is 0 Å². The molecule has 2 aliphatic rings. The summed E-state index contributed by atoms with van der Waals surface area (Å²) in [5.41, 5.74) is 5.66. The van der Waals surface area contributed by atoms with E-state index in [9.17, 15) is 0 Å². The molecule has 0 saturated carbocycles. The molecular formula is C24H21N2P. The van der Waals surface area contributed by atoms with Gasteiger partial charge >= 0.3 is 0 Å². The third kappa shape index (κ3) is 2.95. The van der Waals surface area contributed by atoms with Crippen LogP contribution < -0.4 is 5.30 Å². The maximum absolute atomic E-state index is 4.78. The molecule has 0 amide bonds. The Morgan fingerprint density at radius 3 is 2.33 bits per heavy atom. The maximum atomic E-state index is 4.78. The zero-order valence-corrected chi connectivity index (χ0v) is 16.0. The summed E-state index contributed by atoms with van der Waals surface area (Å²) in [7, 11) is -0.584. The highest BCUT2D eigenvalue weighted by Crippen LogP contribution is 2.71. The molecule has 1 aliphatic carbocycles. The van der Waals surface area contributed by atoms with Crippen LogP contribution in [0.15, 0.2) is 96.3 Å². The molecule has 3 heteroatoms. The molecule has 2 nitrogen and oxygen atoms in total. The highest BCUT2D eigenvalue weighted by atomic mass is 31.1. The van der Waals surface area contributed by atoms with Crippen LogP contribution in [0.4, 0.5) is 0 Å². The first-order valence-corrected chi connectivity index (χ1v) is 10.9. The molecule has 0 N–H and O–H groups in total. The third-order valence-corrected chi connectivity index (χ3v) is 8.23. The molecule has 0 saturated heterocycles. The topological polar surface area (TPSA) is 25.8 Å². The number of pyridine rings is 2. The van der Waals surface area contributed by atoms with Gasteiger partial charge in [-0.15, -0.1) is 0 Å². The van der Waals surface area contributed by atoms with Gasteiger partial charge in [-0.2, -0.15) is 0 Å².